The summed E-state index contributed by atoms with van der Waals surface area (Å²) in [6, 6.07) is 13.7. The summed E-state index contributed by atoms with van der Waals surface area (Å²) in [5.41, 5.74) is 1.50. The van der Waals surface area contributed by atoms with Gasteiger partial charge >= 0.3 is 0 Å². The molecule has 130 valence electrons. The number of amides is 2. The molecule has 1 atom stereocenters. The Morgan fingerprint density at radius 2 is 2.00 bits per heavy atom. The number of halogens is 2. The third kappa shape index (κ3) is 4.37. The number of hydrogen-bond donors (Lipinski definition) is 1. The lowest BCUT2D eigenvalue weighted by molar-refractivity contribution is -0.128. The number of rotatable bonds is 5. The molecule has 1 N–H and O–H groups in total. The molecule has 1 heterocycles. The van der Waals surface area contributed by atoms with Crippen molar-refractivity contribution in [2.75, 3.05) is 18.4 Å². The van der Waals surface area contributed by atoms with Gasteiger partial charge < -0.3 is 10.2 Å². The highest BCUT2D eigenvalue weighted by atomic mass is 35.5. The molecule has 2 aromatic carbocycles. The fraction of sp³-hybridized carbons (Fsp3) is 0.263. The van der Waals surface area contributed by atoms with Crippen LogP contribution in [0.5, 0.6) is 0 Å². The number of carbonyl (C=O) groups is 2. The normalized spacial score (nSPS) is 17.0. The third-order valence-corrected chi connectivity index (χ3v) is 4.60. The zero-order valence-corrected chi connectivity index (χ0v) is 14.3. The van der Waals surface area contributed by atoms with Crippen LogP contribution in [0.1, 0.15) is 12.0 Å². The molecular weight excluding hydrogens is 343 g/mol. The predicted octanol–water partition coefficient (Wildman–Crippen LogP) is 3.51. The Hall–Kier alpha value is -2.40. The van der Waals surface area contributed by atoms with Crippen LogP contribution in [0.15, 0.2) is 48.5 Å². The second kappa shape index (κ2) is 7.66. The average Bonchev–Trinajstić information content (AvgIpc) is 2.97. The smallest absolute Gasteiger partial charge is 0.229 e. The quantitative estimate of drug-likeness (QED) is 0.887. The molecule has 0 aromatic heterocycles. The minimum absolute atomic E-state index is 0.0266. The molecule has 4 nitrogen and oxygen atoms in total. The molecule has 1 saturated heterocycles. The zero-order chi connectivity index (χ0) is 17.8. The van der Waals surface area contributed by atoms with E-state index < -0.39 is 11.7 Å². The van der Waals surface area contributed by atoms with E-state index in [0.29, 0.717) is 18.8 Å². The van der Waals surface area contributed by atoms with E-state index in [-0.39, 0.29) is 23.3 Å². The first kappa shape index (κ1) is 17.4. The lowest BCUT2D eigenvalue weighted by Gasteiger charge is -2.16. The Morgan fingerprint density at radius 3 is 2.72 bits per heavy atom. The van der Waals surface area contributed by atoms with Gasteiger partial charge in [0.15, 0.2) is 0 Å². The van der Waals surface area contributed by atoms with Crippen LogP contribution in [-0.4, -0.2) is 29.8 Å². The van der Waals surface area contributed by atoms with Crippen LogP contribution in [0.2, 0.25) is 5.02 Å². The van der Waals surface area contributed by atoms with Crippen molar-refractivity contribution >= 4 is 29.1 Å². The number of carbonyl (C=O) groups excluding carboxylic acids is 2. The third-order valence-electron chi connectivity index (χ3n) is 4.29. The van der Waals surface area contributed by atoms with Gasteiger partial charge in [-0.05, 0) is 30.2 Å². The summed E-state index contributed by atoms with van der Waals surface area (Å²) < 4.78 is 13.1. The topological polar surface area (TPSA) is 49.4 Å². The number of nitrogens with zero attached hydrogens (tertiary/aromatic N) is 1. The fourth-order valence-electron chi connectivity index (χ4n) is 2.90. The lowest BCUT2D eigenvalue weighted by Crippen LogP contribution is -2.30. The molecule has 1 aliphatic heterocycles. The Kier molecular flexibility index (Phi) is 5.34. The van der Waals surface area contributed by atoms with Crippen LogP contribution in [0.25, 0.3) is 0 Å². The molecule has 0 saturated carbocycles. The second-order valence-corrected chi connectivity index (χ2v) is 6.50. The molecule has 1 fully saturated rings. The maximum atomic E-state index is 13.1. The van der Waals surface area contributed by atoms with E-state index in [1.165, 1.54) is 12.1 Å². The molecule has 2 aromatic rings. The van der Waals surface area contributed by atoms with Crippen LogP contribution < -0.4 is 5.32 Å². The van der Waals surface area contributed by atoms with Gasteiger partial charge in [0.25, 0.3) is 0 Å². The Balaban J connectivity index is 1.57. The van der Waals surface area contributed by atoms with Crippen LogP contribution in [0.3, 0.4) is 0 Å². The number of nitrogens with one attached hydrogen (secondary N) is 1. The van der Waals surface area contributed by atoms with Gasteiger partial charge in [-0.3, -0.25) is 9.59 Å². The van der Waals surface area contributed by atoms with Gasteiger partial charge in [-0.25, -0.2) is 4.39 Å². The first-order valence-electron chi connectivity index (χ1n) is 8.10. The average molecular weight is 361 g/mol. The maximum absolute atomic E-state index is 13.1. The molecule has 2 amide bonds. The molecule has 25 heavy (non-hydrogen) atoms. The van der Waals surface area contributed by atoms with Crippen LogP contribution in [0.4, 0.5) is 10.1 Å². The summed E-state index contributed by atoms with van der Waals surface area (Å²) >= 11 is 5.92. The van der Waals surface area contributed by atoms with Crippen molar-refractivity contribution in [3.63, 3.8) is 0 Å². The van der Waals surface area contributed by atoms with Crippen LogP contribution in [0, 0.1) is 11.7 Å². The van der Waals surface area contributed by atoms with Gasteiger partial charge in [0, 0.05) is 19.5 Å². The summed E-state index contributed by atoms with van der Waals surface area (Å²) in [6.45, 7) is 0.972. The zero-order valence-electron chi connectivity index (χ0n) is 13.5. The fourth-order valence-corrected chi connectivity index (χ4v) is 3.11. The molecule has 3 rings (SSSR count). The van der Waals surface area contributed by atoms with E-state index in [1.807, 2.05) is 30.3 Å². The van der Waals surface area contributed by atoms with Gasteiger partial charge in [-0.15, -0.1) is 0 Å². The largest absolute Gasteiger partial charge is 0.342 e. The van der Waals surface area contributed by atoms with Gasteiger partial charge in [0.05, 0.1) is 16.6 Å². The van der Waals surface area contributed by atoms with Gasteiger partial charge in [0.1, 0.15) is 5.82 Å². The number of likely N-dealkylation sites (tertiary alicyclic amines) is 1. The molecule has 0 bridgehead atoms. The van der Waals surface area contributed by atoms with Gasteiger partial charge in [-0.1, -0.05) is 41.9 Å². The molecule has 1 aliphatic rings. The van der Waals surface area contributed by atoms with Gasteiger partial charge in [0.2, 0.25) is 11.8 Å². The van der Waals surface area contributed by atoms with E-state index in [1.54, 1.807) is 4.90 Å². The highest BCUT2D eigenvalue weighted by Crippen LogP contribution is 2.25. The van der Waals surface area contributed by atoms with Crippen molar-refractivity contribution in [2.45, 2.75) is 12.8 Å². The highest BCUT2D eigenvalue weighted by Gasteiger charge is 2.34. The van der Waals surface area contributed by atoms with Crippen molar-refractivity contribution in [2.24, 2.45) is 5.92 Å². The van der Waals surface area contributed by atoms with Crippen LogP contribution >= 0.6 is 11.6 Å². The minimum Gasteiger partial charge on any atom is -0.342 e. The number of hydrogen-bond acceptors (Lipinski definition) is 2. The molecule has 0 unspecified atom stereocenters. The first-order valence-corrected chi connectivity index (χ1v) is 8.48. The molecular formula is C19H18ClFN2O2. The Labute approximate surface area is 150 Å². The summed E-state index contributed by atoms with van der Waals surface area (Å²) in [5.74, 6) is -1.19. The maximum Gasteiger partial charge on any atom is 0.229 e. The summed E-state index contributed by atoms with van der Waals surface area (Å²) in [7, 11) is 0. The van der Waals surface area contributed by atoms with Crippen LogP contribution in [-0.2, 0) is 16.0 Å². The van der Waals surface area contributed by atoms with Crippen molar-refractivity contribution in [3.8, 4) is 0 Å². The minimum atomic E-state index is -0.467. The Morgan fingerprint density at radius 1 is 1.24 bits per heavy atom. The van der Waals surface area contributed by atoms with E-state index in [9.17, 15) is 14.0 Å². The van der Waals surface area contributed by atoms with E-state index in [2.05, 4.69) is 5.32 Å². The summed E-state index contributed by atoms with van der Waals surface area (Å²) in [5, 5.41) is 2.82. The molecule has 0 aliphatic carbocycles. The molecule has 6 heteroatoms. The second-order valence-electron chi connectivity index (χ2n) is 6.09. The number of benzene rings is 2. The van der Waals surface area contributed by atoms with E-state index in [0.717, 1.165) is 18.1 Å². The first-order chi connectivity index (χ1) is 12.0. The van der Waals surface area contributed by atoms with Crippen molar-refractivity contribution in [1.29, 1.82) is 0 Å². The van der Waals surface area contributed by atoms with Crippen molar-refractivity contribution in [1.82, 2.24) is 4.90 Å². The van der Waals surface area contributed by atoms with Gasteiger partial charge in [-0.2, -0.15) is 0 Å². The monoisotopic (exact) mass is 360 g/mol. The molecule has 0 spiro atoms. The SMILES string of the molecule is O=C(Nc1ccc(F)cc1Cl)[C@H]1CC(=O)N(CCc2ccccc2)C1. The van der Waals surface area contributed by atoms with E-state index in [4.69, 9.17) is 11.6 Å². The number of anilines is 1. The molecule has 0 radical (unpaired) electrons. The van der Waals surface area contributed by atoms with Crippen molar-refractivity contribution < 1.29 is 14.0 Å². The summed E-state index contributed by atoms with van der Waals surface area (Å²) in [4.78, 5) is 26.2. The predicted molar refractivity (Wildman–Crippen MR) is 94.9 cm³/mol. The summed E-state index contributed by atoms with van der Waals surface area (Å²) in [6.07, 6.45) is 0.935. The van der Waals surface area contributed by atoms with Crippen molar-refractivity contribution in [3.05, 3.63) is 64.9 Å². The van der Waals surface area contributed by atoms with E-state index >= 15 is 0 Å². The lowest BCUT2D eigenvalue weighted by atomic mass is 10.1. The Bertz CT molecular complexity index is 782. The standard InChI is InChI=1S/C19H18ClFN2O2/c20-16-11-15(21)6-7-17(16)22-19(25)14-10-18(24)23(12-14)9-8-13-4-2-1-3-5-13/h1-7,11,14H,8-10,12H2,(H,22,25)/t14-/m0/s1. The highest BCUT2D eigenvalue weighted by molar-refractivity contribution is 6.33.